The van der Waals surface area contributed by atoms with E-state index in [0.29, 0.717) is 12.8 Å². The lowest BCUT2D eigenvalue weighted by atomic mass is 9.77. The molecule has 0 aromatic rings. The van der Waals surface area contributed by atoms with Gasteiger partial charge in [0.2, 0.25) is 5.91 Å². The van der Waals surface area contributed by atoms with Crippen LogP contribution in [-0.2, 0) is 9.59 Å². The molecule has 0 heterocycles. The minimum atomic E-state index is 0.00581. The van der Waals surface area contributed by atoms with Crippen LogP contribution in [0.2, 0.25) is 0 Å². The van der Waals surface area contributed by atoms with Crippen molar-refractivity contribution >= 4 is 11.7 Å². The summed E-state index contributed by atoms with van der Waals surface area (Å²) in [6, 6.07) is 0. The molecule has 0 aliphatic heterocycles. The van der Waals surface area contributed by atoms with Gasteiger partial charge in [-0.05, 0) is 31.1 Å². The van der Waals surface area contributed by atoms with Crippen LogP contribution in [0.15, 0.2) is 0 Å². The number of amides is 1. The molecule has 1 saturated carbocycles. The Morgan fingerprint density at radius 2 is 1.76 bits per heavy atom. The van der Waals surface area contributed by atoms with Gasteiger partial charge in [-0.3, -0.25) is 4.79 Å². The van der Waals surface area contributed by atoms with Crippen molar-refractivity contribution in [3.63, 3.8) is 0 Å². The number of ketones is 1. The molecule has 1 N–H and O–H groups in total. The molecule has 0 aromatic carbocycles. The van der Waals surface area contributed by atoms with Gasteiger partial charge in [0, 0.05) is 19.4 Å². The molecule has 0 saturated heterocycles. The van der Waals surface area contributed by atoms with E-state index in [1.54, 1.807) is 0 Å². The van der Waals surface area contributed by atoms with Gasteiger partial charge in [0.1, 0.15) is 5.78 Å². The lowest BCUT2D eigenvalue weighted by molar-refractivity contribution is -0.125. The van der Waals surface area contributed by atoms with Gasteiger partial charge in [0.25, 0.3) is 0 Å². The number of nitrogens with one attached hydrogen (secondary N) is 1. The predicted molar refractivity (Wildman–Crippen MR) is 68.7 cm³/mol. The van der Waals surface area contributed by atoms with Crippen LogP contribution < -0.4 is 5.32 Å². The minimum Gasteiger partial charge on any atom is -0.356 e. The smallest absolute Gasteiger partial charge is 0.220 e. The third kappa shape index (κ3) is 4.88. The summed E-state index contributed by atoms with van der Waals surface area (Å²) in [6.45, 7) is 6.71. The van der Waals surface area contributed by atoms with Gasteiger partial charge in [0.05, 0.1) is 0 Å². The molecule has 1 amide bonds. The summed E-state index contributed by atoms with van der Waals surface area (Å²) >= 11 is 0. The normalized spacial score (nSPS) is 17.1. The van der Waals surface area contributed by atoms with Gasteiger partial charge < -0.3 is 10.1 Å². The van der Waals surface area contributed by atoms with Crippen LogP contribution in [-0.4, -0.2) is 18.2 Å². The first kappa shape index (κ1) is 14.2. The van der Waals surface area contributed by atoms with Gasteiger partial charge in [-0.2, -0.15) is 0 Å². The molecule has 1 aliphatic carbocycles. The standard InChI is InChI=1S/C14H25NO2/c1-11(16)8-9-13(17)15-10-14(2,3)12-6-4-5-7-12/h12H,4-10H2,1-3H3,(H,15,17). The van der Waals surface area contributed by atoms with E-state index in [-0.39, 0.29) is 17.1 Å². The monoisotopic (exact) mass is 239 g/mol. The number of rotatable bonds is 6. The molecule has 0 atom stereocenters. The van der Waals surface area contributed by atoms with Crippen LogP contribution in [0.5, 0.6) is 0 Å². The van der Waals surface area contributed by atoms with Gasteiger partial charge in [-0.1, -0.05) is 26.7 Å². The van der Waals surface area contributed by atoms with E-state index in [4.69, 9.17) is 0 Å². The Balaban J connectivity index is 2.28. The first-order valence-corrected chi connectivity index (χ1v) is 6.68. The van der Waals surface area contributed by atoms with Crippen molar-refractivity contribution in [3.05, 3.63) is 0 Å². The van der Waals surface area contributed by atoms with Crippen molar-refractivity contribution in [1.82, 2.24) is 5.32 Å². The van der Waals surface area contributed by atoms with Crippen LogP contribution >= 0.6 is 0 Å². The molecule has 0 radical (unpaired) electrons. The number of hydrogen-bond donors (Lipinski definition) is 1. The molecule has 17 heavy (non-hydrogen) atoms. The zero-order chi connectivity index (χ0) is 12.9. The lowest BCUT2D eigenvalue weighted by Crippen LogP contribution is -2.37. The van der Waals surface area contributed by atoms with E-state index >= 15 is 0 Å². The highest BCUT2D eigenvalue weighted by Crippen LogP contribution is 2.38. The Labute approximate surface area is 104 Å². The summed E-state index contributed by atoms with van der Waals surface area (Å²) in [7, 11) is 0. The lowest BCUT2D eigenvalue weighted by Gasteiger charge is -2.31. The first-order valence-electron chi connectivity index (χ1n) is 6.68. The molecule has 0 unspecified atom stereocenters. The van der Waals surface area contributed by atoms with Crippen molar-refractivity contribution in [2.24, 2.45) is 11.3 Å². The molecular formula is C14H25NO2. The Morgan fingerprint density at radius 3 is 2.29 bits per heavy atom. The highest BCUT2D eigenvalue weighted by molar-refractivity contribution is 5.83. The van der Waals surface area contributed by atoms with E-state index in [0.717, 1.165) is 12.5 Å². The third-order valence-electron chi connectivity index (χ3n) is 3.91. The zero-order valence-electron chi connectivity index (χ0n) is 11.3. The Hall–Kier alpha value is -0.860. The minimum absolute atomic E-state index is 0.00581. The van der Waals surface area contributed by atoms with Crippen LogP contribution in [0.25, 0.3) is 0 Å². The molecule has 1 fully saturated rings. The molecule has 0 spiro atoms. The van der Waals surface area contributed by atoms with Gasteiger partial charge >= 0.3 is 0 Å². The van der Waals surface area contributed by atoms with Crippen molar-refractivity contribution in [2.75, 3.05) is 6.54 Å². The molecule has 0 bridgehead atoms. The van der Waals surface area contributed by atoms with Crippen molar-refractivity contribution < 1.29 is 9.59 Å². The molecule has 3 nitrogen and oxygen atoms in total. The van der Waals surface area contributed by atoms with Gasteiger partial charge in [-0.25, -0.2) is 0 Å². The second-order valence-electron chi connectivity index (χ2n) is 5.95. The quantitative estimate of drug-likeness (QED) is 0.774. The highest BCUT2D eigenvalue weighted by Gasteiger charge is 2.31. The number of carbonyl (C=O) groups excluding carboxylic acids is 2. The van der Waals surface area contributed by atoms with E-state index in [9.17, 15) is 9.59 Å². The van der Waals surface area contributed by atoms with E-state index in [1.807, 2.05) is 0 Å². The molecule has 1 rings (SSSR count). The molecule has 0 aromatic heterocycles. The summed E-state index contributed by atoms with van der Waals surface area (Å²) in [5.41, 5.74) is 0.183. The maximum absolute atomic E-state index is 11.5. The molecule has 3 heteroatoms. The summed E-state index contributed by atoms with van der Waals surface area (Å²) in [6.07, 6.45) is 5.91. The maximum atomic E-state index is 11.5. The van der Waals surface area contributed by atoms with Crippen molar-refractivity contribution in [1.29, 1.82) is 0 Å². The number of carbonyl (C=O) groups is 2. The average molecular weight is 239 g/mol. The fourth-order valence-electron chi connectivity index (χ4n) is 2.56. The molecule has 1 aliphatic rings. The Morgan fingerprint density at radius 1 is 1.18 bits per heavy atom. The fraction of sp³-hybridized carbons (Fsp3) is 0.857. The number of Topliss-reactive ketones (excluding diaryl/α,β-unsaturated/α-hetero) is 1. The second kappa shape index (κ2) is 6.18. The highest BCUT2D eigenvalue weighted by atomic mass is 16.2. The van der Waals surface area contributed by atoms with Gasteiger partial charge in [0.15, 0.2) is 0 Å². The SMILES string of the molecule is CC(=O)CCC(=O)NCC(C)(C)C1CCCC1. The largest absolute Gasteiger partial charge is 0.356 e. The maximum Gasteiger partial charge on any atom is 0.220 e. The summed E-state index contributed by atoms with van der Waals surface area (Å²) in [5.74, 6) is 0.817. The number of hydrogen-bond acceptors (Lipinski definition) is 2. The first-order chi connectivity index (χ1) is 7.92. The summed E-state index contributed by atoms with van der Waals surface area (Å²) < 4.78 is 0. The van der Waals surface area contributed by atoms with Crippen molar-refractivity contribution in [3.8, 4) is 0 Å². The molecular weight excluding hydrogens is 214 g/mol. The van der Waals surface area contributed by atoms with Crippen LogP contribution in [0.4, 0.5) is 0 Å². The summed E-state index contributed by atoms with van der Waals surface area (Å²) in [5, 5.41) is 2.96. The zero-order valence-corrected chi connectivity index (χ0v) is 11.3. The predicted octanol–water partition coefficient (Wildman–Crippen LogP) is 2.69. The average Bonchev–Trinajstić information content (AvgIpc) is 2.77. The second-order valence-corrected chi connectivity index (χ2v) is 5.95. The Bertz CT molecular complexity index is 278. The molecule has 98 valence electrons. The summed E-state index contributed by atoms with van der Waals surface area (Å²) in [4.78, 5) is 22.3. The topological polar surface area (TPSA) is 46.2 Å². The van der Waals surface area contributed by atoms with Crippen LogP contribution in [0.1, 0.15) is 59.3 Å². The Kier molecular flexibility index (Phi) is 5.16. The van der Waals surface area contributed by atoms with Crippen LogP contribution in [0.3, 0.4) is 0 Å². The van der Waals surface area contributed by atoms with E-state index in [2.05, 4.69) is 19.2 Å². The third-order valence-corrected chi connectivity index (χ3v) is 3.91. The van der Waals surface area contributed by atoms with E-state index in [1.165, 1.54) is 32.6 Å². The van der Waals surface area contributed by atoms with E-state index < -0.39 is 0 Å². The fourth-order valence-corrected chi connectivity index (χ4v) is 2.56. The van der Waals surface area contributed by atoms with Crippen LogP contribution in [0, 0.1) is 11.3 Å². The van der Waals surface area contributed by atoms with Gasteiger partial charge in [-0.15, -0.1) is 0 Å². The van der Waals surface area contributed by atoms with Crippen molar-refractivity contribution in [2.45, 2.75) is 59.3 Å².